The smallest absolute Gasteiger partial charge is 0.269 e. The second kappa shape index (κ2) is 12.2. The van der Waals surface area contributed by atoms with E-state index in [4.69, 9.17) is 4.74 Å². The quantitative estimate of drug-likeness (QED) is 0.451. The Morgan fingerprint density at radius 1 is 1.05 bits per heavy atom. The number of hydrogen-bond donors (Lipinski definition) is 1. The number of ether oxygens (including phenoxy) is 1. The minimum absolute atomic E-state index is 0.0137. The fourth-order valence-electron chi connectivity index (χ4n) is 4.26. The van der Waals surface area contributed by atoms with Crippen molar-refractivity contribution >= 4 is 27.7 Å². The molecule has 2 atom stereocenters. The van der Waals surface area contributed by atoms with Crippen molar-refractivity contribution in [2.24, 2.45) is 0 Å². The molecular formula is C27H35N3O6S. The first-order chi connectivity index (χ1) is 17.6. The van der Waals surface area contributed by atoms with Crippen LogP contribution in [-0.2, 0) is 26.2 Å². The van der Waals surface area contributed by atoms with Crippen molar-refractivity contribution in [3.8, 4) is 5.75 Å². The van der Waals surface area contributed by atoms with E-state index < -0.39 is 22.0 Å². The van der Waals surface area contributed by atoms with Gasteiger partial charge in [0, 0.05) is 25.6 Å². The Kier molecular flexibility index (Phi) is 9.31. The number of carbonyl (C=O) groups is 3. The molecule has 1 heterocycles. The lowest BCUT2D eigenvalue weighted by Gasteiger charge is -2.31. The number of nitrogens with zero attached hydrogens (tertiary/aromatic N) is 2. The van der Waals surface area contributed by atoms with Crippen molar-refractivity contribution < 1.29 is 27.5 Å². The summed E-state index contributed by atoms with van der Waals surface area (Å²) in [5.41, 5.74) is 0.972. The molecule has 0 saturated heterocycles. The lowest BCUT2D eigenvalue weighted by Crippen LogP contribution is -2.50. The lowest BCUT2D eigenvalue weighted by atomic mass is 10.1. The van der Waals surface area contributed by atoms with E-state index >= 15 is 0 Å². The minimum atomic E-state index is -3.94. The molecule has 0 aliphatic carbocycles. The van der Waals surface area contributed by atoms with Crippen LogP contribution in [0.3, 0.4) is 0 Å². The van der Waals surface area contributed by atoms with E-state index in [1.807, 2.05) is 32.9 Å². The summed E-state index contributed by atoms with van der Waals surface area (Å²) in [5.74, 6) is -0.423. The SMILES string of the molecule is CC[C@@H](C)NC(=O)[C@H](CC)N(Cc1ccc(OC)cc1)C(=O)CCCN1C(=O)c2ccccc2S1(=O)=O. The van der Waals surface area contributed by atoms with Gasteiger partial charge >= 0.3 is 0 Å². The fraction of sp³-hybridized carbons (Fsp3) is 0.444. The number of nitrogens with one attached hydrogen (secondary N) is 1. The van der Waals surface area contributed by atoms with Gasteiger partial charge in [0.15, 0.2) is 0 Å². The lowest BCUT2D eigenvalue weighted by molar-refractivity contribution is -0.141. The van der Waals surface area contributed by atoms with E-state index in [0.717, 1.165) is 16.3 Å². The van der Waals surface area contributed by atoms with Crippen LogP contribution in [0, 0.1) is 0 Å². The summed E-state index contributed by atoms with van der Waals surface area (Å²) in [6.07, 6.45) is 1.30. The van der Waals surface area contributed by atoms with Crippen molar-refractivity contribution in [2.45, 2.75) is 70.0 Å². The maximum Gasteiger partial charge on any atom is 0.269 e. The predicted octanol–water partition coefficient (Wildman–Crippen LogP) is 3.34. The molecule has 9 nitrogen and oxygen atoms in total. The Morgan fingerprint density at radius 3 is 2.32 bits per heavy atom. The standard InChI is InChI=1S/C27H35N3O6S/c1-5-19(3)28-26(32)23(6-2)29(18-20-13-15-21(36-4)16-14-20)25(31)12-9-17-30-27(33)22-10-7-8-11-24(22)37(30,34)35/h7-8,10-11,13-16,19,23H,5-6,9,12,17-18H2,1-4H3,(H,28,32)/t19-,23+/m1/s1. The zero-order chi connectivity index (χ0) is 27.2. The number of fused-ring (bicyclic) bond motifs is 1. The van der Waals surface area contributed by atoms with Gasteiger partial charge in [-0.2, -0.15) is 0 Å². The molecule has 0 fully saturated rings. The van der Waals surface area contributed by atoms with Gasteiger partial charge in [-0.05, 0) is 56.0 Å². The summed E-state index contributed by atoms with van der Waals surface area (Å²) >= 11 is 0. The van der Waals surface area contributed by atoms with E-state index in [-0.39, 0.29) is 54.2 Å². The molecule has 0 aromatic heterocycles. The van der Waals surface area contributed by atoms with Crippen LogP contribution in [0.1, 0.15) is 62.4 Å². The number of methoxy groups -OCH3 is 1. The molecule has 0 radical (unpaired) electrons. The van der Waals surface area contributed by atoms with Gasteiger partial charge in [0.2, 0.25) is 11.8 Å². The topological polar surface area (TPSA) is 113 Å². The maximum atomic E-state index is 13.4. The summed E-state index contributed by atoms with van der Waals surface area (Å²) in [4.78, 5) is 40.7. The van der Waals surface area contributed by atoms with Gasteiger partial charge in [-0.3, -0.25) is 14.4 Å². The zero-order valence-corrected chi connectivity index (χ0v) is 22.6. The number of carbonyl (C=O) groups excluding carboxylic acids is 3. The summed E-state index contributed by atoms with van der Waals surface area (Å²) in [6.45, 7) is 5.82. The first-order valence-corrected chi connectivity index (χ1v) is 14.0. The van der Waals surface area contributed by atoms with Gasteiger partial charge in [0.25, 0.3) is 15.9 Å². The molecule has 200 valence electrons. The maximum absolute atomic E-state index is 13.4. The van der Waals surface area contributed by atoms with E-state index in [1.54, 1.807) is 31.4 Å². The molecule has 0 bridgehead atoms. The van der Waals surface area contributed by atoms with Crippen molar-refractivity contribution in [3.63, 3.8) is 0 Å². The third kappa shape index (κ3) is 6.30. The van der Waals surface area contributed by atoms with Gasteiger partial charge in [-0.1, -0.05) is 38.1 Å². The normalized spacial score (nSPS) is 15.6. The van der Waals surface area contributed by atoms with Crippen LogP contribution in [-0.4, -0.2) is 61.1 Å². The van der Waals surface area contributed by atoms with Gasteiger partial charge < -0.3 is 15.0 Å². The molecule has 10 heteroatoms. The van der Waals surface area contributed by atoms with E-state index in [0.29, 0.717) is 12.2 Å². The molecule has 0 unspecified atom stereocenters. The van der Waals surface area contributed by atoms with Gasteiger partial charge in [-0.25, -0.2) is 12.7 Å². The summed E-state index contributed by atoms with van der Waals surface area (Å²) < 4.78 is 31.7. The highest BCUT2D eigenvalue weighted by atomic mass is 32.2. The Balaban J connectivity index is 1.75. The van der Waals surface area contributed by atoms with E-state index in [1.165, 1.54) is 17.0 Å². The van der Waals surface area contributed by atoms with Gasteiger partial charge in [-0.15, -0.1) is 0 Å². The highest BCUT2D eigenvalue weighted by Gasteiger charge is 2.40. The summed E-state index contributed by atoms with van der Waals surface area (Å²) in [6, 6.07) is 12.6. The number of rotatable bonds is 12. The van der Waals surface area contributed by atoms with Gasteiger partial charge in [0.05, 0.1) is 12.7 Å². The molecule has 3 rings (SSSR count). The molecule has 1 aliphatic heterocycles. The molecule has 37 heavy (non-hydrogen) atoms. The van der Waals surface area contributed by atoms with Crippen molar-refractivity contribution in [1.82, 2.24) is 14.5 Å². The molecule has 3 amide bonds. The second-order valence-corrected chi connectivity index (χ2v) is 10.9. The Morgan fingerprint density at radius 2 is 1.73 bits per heavy atom. The predicted molar refractivity (Wildman–Crippen MR) is 139 cm³/mol. The second-order valence-electron chi connectivity index (χ2n) is 9.09. The van der Waals surface area contributed by atoms with Crippen LogP contribution in [0.15, 0.2) is 53.4 Å². The van der Waals surface area contributed by atoms with Crippen LogP contribution in [0.5, 0.6) is 5.75 Å². The van der Waals surface area contributed by atoms with Crippen LogP contribution >= 0.6 is 0 Å². The first kappa shape index (κ1) is 28.2. The largest absolute Gasteiger partial charge is 0.497 e. The average molecular weight is 530 g/mol. The number of amides is 3. The third-order valence-electron chi connectivity index (χ3n) is 6.56. The van der Waals surface area contributed by atoms with Crippen molar-refractivity contribution in [1.29, 1.82) is 0 Å². The monoisotopic (exact) mass is 529 g/mol. The van der Waals surface area contributed by atoms with Crippen LogP contribution in [0.4, 0.5) is 0 Å². The third-order valence-corrected chi connectivity index (χ3v) is 8.40. The number of hydrogen-bond acceptors (Lipinski definition) is 6. The highest BCUT2D eigenvalue weighted by Crippen LogP contribution is 2.30. The molecular weight excluding hydrogens is 494 g/mol. The van der Waals surface area contributed by atoms with E-state index in [2.05, 4.69) is 5.32 Å². The Bertz CT molecular complexity index is 1230. The molecule has 1 aliphatic rings. The summed E-state index contributed by atoms with van der Waals surface area (Å²) in [5, 5.41) is 2.96. The number of sulfonamides is 1. The van der Waals surface area contributed by atoms with Crippen LogP contribution in [0.25, 0.3) is 0 Å². The highest BCUT2D eigenvalue weighted by molar-refractivity contribution is 7.90. The van der Waals surface area contributed by atoms with Gasteiger partial charge in [0.1, 0.15) is 16.7 Å². The minimum Gasteiger partial charge on any atom is -0.497 e. The average Bonchev–Trinajstić information content (AvgIpc) is 3.09. The zero-order valence-electron chi connectivity index (χ0n) is 21.8. The molecule has 0 saturated carbocycles. The van der Waals surface area contributed by atoms with E-state index in [9.17, 15) is 22.8 Å². The molecule has 2 aromatic rings. The number of benzene rings is 2. The molecule has 1 N–H and O–H groups in total. The van der Waals surface area contributed by atoms with Crippen LogP contribution < -0.4 is 10.1 Å². The van der Waals surface area contributed by atoms with Crippen molar-refractivity contribution in [2.75, 3.05) is 13.7 Å². The fourth-order valence-corrected chi connectivity index (χ4v) is 5.87. The Labute approximate surface area is 218 Å². The first-order valence-electron chi connectivity index (χ1n) is 12.5. The molecule has 2 aromatic carbocycles. The summed E-state index contributed by atoms with van der Waals surface area (Å²) in [7, 11) is -2.37. The Hall–Kier alpha value is -3.40. The van der Waals surface area contributed by atoms with Crippen LogP contribution in [0.2, 0.25) is 0 Å². The molecule has 0 spiro atoms. The van der Waals surface area contributed by atoms with Crippen molar-refractivity contribution in [3.05, 3.63) is 59.7 Å².